The minimum atomic E-state index is -0.174. The number of nitrogens with zero attached hydrogens (tertiary/aromatic N) is 2. The van der Waals surface area contributed by atoms with Crippen molar-refractivity contribution in [2.75, 3.05) is 33.3 Å². The van der Waals surface area contributed by atoms with Crippen LogP contribution in [-0.4, -0.2) is 66.2 Å². The molecule has 3 unspecified atom stereocenters. The van der Waals surface area contributed by atoms with E-state index in [1.165, 1.54) is 0 Å². The second-order valence-corrected chi connectivity index (χ2v) is 10.7. The minimum absolute atomic E-state index is 0.0157. The molecule has 1 saturated carbocycles. The molecule has 0 radical (unpaired) electrons. The largest absolute Gasteiger partial charge is 0.508 e. The number of benzene rings is 2. The molecule has 2 aromatic carbocycles. The van der Waals surface area contributed by atoms with E-state index in [2.05, 4.69) is 36.3 Å². The molecular weight excluding hydrogens is 436 g/mol. The van der Waals surface area contributed by atoms with Gasteiger partial charge in [0.2, 0.25) is 0 Å². The van der Waals surface area contributed by atoms with Gasteiger partial charge in [0, 0.05) is 49.7 Å². The third kappa shape index (κ3) is 5.31. The Morgan fingerprint density at radius 1 is 1.26 bits per heavy atom. The van der Waals surface area contributed by atoms with Crippen molar-refractivity contribution in [3.05, 3.63) is 78.4 Å². The Kier molecular flexibility index (Phi) is 7.98. The Morgan fingerprint density at radius 2 is 2.03 bits per heavy atom. The molecule has 0 aromatic heterocycles. The molecule has 5 nitrogen and oxygen atoms in total. The quantitative estimate of drug-likeness (QED) is 0.538. The van der Waals surface area contributed by atoms with E-state index in [0.29, 0.717) is 18.2 Å². The zero-order chi connectivity index (χ0) is 25.0. The molecule has 0 spiro atoms. The van der Waals surface area contributed by atoms with E-state index >= 15 is 0 Å². The summed E-state index contributed by atoms with van der Waals surface area (Å²) in [5.74, 6) is 1.01. The van der Waals surface area contributed by atoms with Crippen LogP contribution in [0.15, 0.2) is 67.3 Å². The van der Waals surface area contributed by atoms with Crippen LogP contribution in [-0.2, 0) is 10.2 Å². The number of phenolic OH excluding ortho intramolecular Hbond substituents is 1. The molecule has 2 fully saturated rings. The summed E-state index contributed by atoms with van der Waals surface area (Å²) in [6.07, 6.45) is 4.63. The maximum Gasteiger partial charge on any atom is 0.254 e. The molecule has 2 aliphatic rings. The number of likely N-dealkylation sites (tertiary alicyclic amines) is 1. The highest BCUT2D eigenvalue weighted by atomic mass is 16.5. The molecule has 35 heavy (non-hydrogen) atoms. The minimum Gasteiger partial charge on any atom is -0.508 e. The van der Waals surface area contributed by atoms with Gasteiger partial charge >= 0.3 is 0 Å². The normalized spacial score (nSPS) is 26.8. The van der Waals surface area contributed by atoms with E-state index in [4.69, 9.17) is 4.74 Å². The number of hydrogen-bond acceptors (Lipinski definition) is 4. The maximum absolute atomic E-state index is 13.8. The van der Waals surface area contributed by atoms with Crippen LogP contribution in [0.2, 0.25) is 0 Å². The molecule has 1 heterocycles. The van der Waals surface area contributed by atoms with Crippen molar-refractivity contribution in [3.8, 4) is 5.75 Å². The van der Waals surface area contributed by atoms with E-state index in [1.54, 1.807) is 13.2 Å². The van der Waals surface area contributed by atoms with Gasteiger partial charge in [-0.1, -0.05) is 50.3 Å². The van der Waals surface area contributed by atoms with Crippen LogP contribution in [0.25, 0.3) is 0 Å². The van der Waals surface area contributed by atoms with Gasteiger partial charge in [-0.15, -0.1) is 6.58 Å². The van der Waals surface area contributed by atoms with Gasteiger partial charge in [-0.05, 0) is 61.6 Å². The summed E-state index contributed by atoms with van der Waals surface area (Å²) >= 11 is 0. The molecule has 1 amide bonds. The second-order valence-electron chi connectivity index (χ2n) is 10.7. The molecule has 4 atom stereocenters. The molecule has 1 saturated heterocycles. The smallest absolute Gasteiger partial charge is 0.254 e. The molecular formula is C30H40N2O3. The lowest BCUT2D eigenvalue weighted by Crippen LogP contribution is -2.62. The predicted molar refractivity (Wildman–Crippen MR) is 141 cm³/mol. The lowest BCUT2D eigenvalue weighted by Gasteiger charge is -2.57. The van der Waals surface area contributed by atoms with Crippen molar-refractivity contribution < 1.29 is 14.6 Å². The number of rotatable bonds is 8. The number of ether oxygens (including phenoxy) is 1. The van der Waals surface area contributed by atoms with E-state index in [1.807, 2.05) is 48.5 Å². The first-order valence-electron chi connectivity index (χ1n) is 12.9. The zero-order valence-corrected chi connectivity index (χ0v) is 21.4. The summed E-state index contributed by atoms with van der Waals surface area (Å²) in [5.41, 5.74) is 1.72. The number of phenols is 1. The van der Waals surface area contributed by atoms with Gasteiger partial charge in [-0.25, -0.2) is 0 Å². The van der Waals surface area contributed by atoms with Crippen molar-refractivity contribution in [1.29, 1.82) is 0 Å². The van der Waals surface area contributed by atoms with Crippen molar-refractivity contribution >= 4 is 5.91 Å². The predicted octanol–water partition coefficient (Wildman–Crippen LogP) is 5.11. The first-order valence-corrected chi connectivity index (χ1v) is 12.9. The SMILES string of the molecule is C=CCN1CCC2(c3cccc(O)c3)C[C@@H](N(CC(C)C)C(=O)c3ccccc3)CC(OC)C2C1. The first kappa shape index (κ1) is 25.5. The Labute approximate surface area is 210 Å². The summed E-state index contributed by atoms with van der Waals surface area (Å²) in [4.78, 5) is 18.3. The maximum atomic E-state index is 13.8. The number of piperidine rings is 1. The Balaban J connectivity index is 1.75. The number of fused-ring (bicyclic) bond motifs is 1. The fraction of sp³-hybridized carbons (Fsp3) is 0.500. The van der Waals surface area contributed by atoms with Gasteiger partial charge in [0.15, 0.2) is 0 Å². The van der Waals surface area contributed by atoms with E-state index in [-0.39, 0.29) is 29.4 Å². The number of carbonyl (C=O) groups excluding carboxylic acids is 1. The highest BCUT2D eigenvalue weighted by Crippen LogP contribution is 2.51. The molecule has 1 aliphatic heterocycles. The molecule has 1 N–H and O–H groups in total. The van der Waals surface area contributed by atoms with Crippen molar-refractivity contribution in [1.82, 2.24) is 9.80 Å². The number of amides is 1. The fourth-order valence-corrected chi connectivity index (χ4v) is 6.43. The van der Waals surface area contributed by atoms with E-state index in [0.717, 1.165) is 50.0 Å². The molecule has 0 bridgehead atoms. The summed E-state index contributed by atoms with van der Waals surface area (Å²) in [5, 5.41) is 10.4. The summed E-state index contributed by atoms with van der Waals surface area (Å²) in [7, 11) is 1.80. The van der Waals surface area contributed by atoms with Gasteiger partial charge in [0.05, 0.1) is 6.10 Å². The highest BCUT2D eigenvalue weighted by molar-refractivity contribution is 5.94. The Bertz CT molecular complexity index is 1010. The molecule has 2 aromatic rings. The fourth-order valence-electron chi connectivity index (χ4n) is 6.43. The number of aromatic hydroxyl groups is 1. The average Bonchev–Trinajstić information content (AvgIpc) is 2.87. The highest BCUT2D eigenvalue weighted by Gasteiger charge is 2.53. The second kappa shape index (κ2) is 11.0. The van der Waals surface area contributed by atoms with Crippen LogP contribution in [0.3, 0.4) is 0 Å². The Morgan fingerprint density at radius 3 is 2.69 bits per heavy atom. The summed E-state index contributed by atoms with van der Waals surface area (Å²) < 4.78 is 6.18. The van der Waals surface area contributed by atoms with Crippen LogP contribution in [0.5, 0.6) is 5.75 Å². The van der Waals surface area contributed by atoms with Crippen molar-refractivity contribution in [2.24, 2.45) is 11.8 Å². The third-order valence-corrected chi connectivity index (χ3v) is 7.99. The van der Waals surface area contributed by atoms with Gasteiger partial charge in [0.1, 0.15) is 5.75 Å². The van der Waals surface area contributed by atoms with Crippen LogP contribution in [0.4, 0.5) is 0 Å². The van der Waals surface area contributed by atoms with Crippen molar-refractivity contribution in [3.63, 3.8) is 0 Å². The van der Waals surface area contributed by atoms with Gasteiger partial charge in [0.25, 0.3) is 5.91 Å². The zero-order valence-electron chi connectivity index (χ0n) is 21.4. The van der Waals surface area contributed by atoms with E-state index in [9.17, 15) is 9.90 Å². The average molecular weight is 477 g/mol. The van der Waals surface area contributed by atoms with Crippen LogP contribution in [0, 0.1) is 11.8 Å². The first-order chi connectivity index (χ1) is 16.9. The Hall–Kier alpha value is -2.63. The standard InChI is InChI=1S/C30H40N2O3/c1-5-15-31-16-14-30(24-12-9-13-26(33)17-24)19-25(18-28(35-4)27(30)21-31)32(20-22(2)3)29(34)23-10-7-6-8-11-23/h5-13,17,22,25,27-28,33H,1,14-16,18-21H2,2-4H3/t25-,27?,28?,30?/m0/s1. The van der Waals surface area contributed by atoms with E-state index < -0.39 is 0 Å². The lowest BCUT2D eigenvalue weighted by molar-refractivity contribution is -0.0804. The van der Waals surface area contributed by atoms with Gasteiger partial charge in [-0.3, -0.25) is 9.69 Å². The third-order valence-electron chi connectivity index (χ3n) is 7.99. The number of methoxy groups -OCH3 is 1. The topological polar surface area (TPSA) is 53.0 Å². The van der Waals surface area contributed by atoms with Crippen LogP contribution < -0.4 is 0 Å². The van der Waals surface area contributed by atoms with Crippen molar-refractivity contribution in [2.45, 2.75) is 50.7 Å². The van der Waals surface area contributed by atoms with Crippen LogP contribution in [0.1, 0.15) is 49.0 Å². The number of carbonyl (C=O) groups is 1. The molecule has 5 heteroatoms. The van der Waals surface area contributed by atoms with Crippen LogP contribution >= 0.6 is 0 Å². The molecule has 1 aliphatic carbocycles. The summed E-state index contributed by atoms with van der Waals surface area (Å²) in [6.45, 7) is 11.7. The summed E-state index contributed by atoms with van der Waals surface area (Å²) in [6, 6.07) is 17.4. The monoisotopic (exact) mass is 476 g/mol. The number of hydrogen-bond donors (Lipinski definition) is 1. The van der Waals surface area contributed by atoms with Gasteiger partial charge < -0.3 is 14.7 Å². The lowest BCUT2D eigenvalue weighted by atomic mass is 9.56. The van der Waals surface area contributed by atoms with Gasteiger partial charge in [-0.2, -0.15) is 0 Å². The molecule has 188 valence electrons. The molecule has 4 rings (SSSR count).